The molecule has 1 atom stereocenters. The third-order valence-electron chi connectivity index (χ3n) is 3.00. The topological polar surface area (TPSA) is 56.1 Å². The molecule has 1 saturated heterocycles. The lowest BCUT2D eigenvalue weighted by Gasteiger charge is -2.28. The number of rotatable bonds is 2. The van der Waals surface area contributed by atoms with Crippen molar-refractivity contribution >= 4 is 11.6 Å². The zero-order chi connectivity index (χ0) is 13.0. The van der Waals surface area contributed by atoms with Crippen molar-refractivity contribution in [2.75, 3.05) is 18.0 Å². The second-order valence-electron chi connectivity index (χ2n) is 4.19. The SMILES string of the molecule is N#CCC1C(=O)NCCCN1c1ccc(F)cc1. The van der Waals surface area contributed by atoms with Gasteiger partial charge >= 0.3 is 0 Å². The van der Waals surface area contributed by atoms with Crippen LogP contribution in [0.5, 0.6) is 0 Å². The normalized spacial score (nSPS) is 19.9. The third kappa shape index (κ3) is 2.59. The highest BCUT2D eigenvalue weighted by molar-refractivity contribution is 5.86. The molecule has 0 spiro atoms. The van der Waals surface area contributed by atoms with Gasteiger partial charge in [-0.15, -0.1) is 0 Å². The van der Waals surface area contributed by atoms with Gasteiger partial charge in [0.05, 0.1) is 12.5 Å². The van der Waals surface area contributed by atoms with Crippen LogP contribution in [0, 0.1) is 17.1 Å². The molecule has 1 fully saturated rings. The van der Waals surface area contributed by atoms with E-state index in [2.05, 4.69) is 5.32 Å². The molecule has 4 nitrogen and oxygen atoms in total. The summed E-state index contributed by atoms with van der Waals surface area (Å²) in [6.07, 6.45) is 0.939. The zero-order valence-electron chi connectivity index (χ0n) is 9.90. The summed E-state index contributed by atoms with van der Waals surface area (Å²) in [7, 11) is 0. The van der Waals surface area contributed by atoms with Gasteiger partial charge in [-0.1, -0.05) is 0 Å². The molecule has 1 unspecified atom stereocenters. The Kier molecular flexibility index (Phi) is 3.78. The number of amides is 1. The molecule has 0 bridgehead atoms. The van der Waals surface area contributed by atoms with Gasteiger partial charge in [0, 0.05) is 18.8 Å². The van der Waals surface area contributed by atoms with Crippen LogP contribution < -0.4 is 10.2 Å². The van der Waals surface area contributed by atoms with Gasteiger partial charge in [0.15, 0.2) is 0 Å². The summed E-state index contributed by atoms with van der Waals surface area (Å²) >= 11 is 0. The van der Waals surface area contributed by atoms with Gasteiger partial charge in [0.1, 0.15) is 11.9 Å². The number of halogens is 1. The van der Waals surface area contributed by atoms with Crippen molar-refractivity contribution in [2.24, 2.45) is 0 Å². The highest BCUT2D eigenvalue weighted by atomic mass is 19.1. The number of carbonyl (C=O) groups excluding carboxylic acids is 1. The third-order valence-corrected chi connectivity index (χ3v) is 3.00. The Bertz CT molecular complexity index is 466. The van der Waals surface area contributed by atoms with Crippen molar-refractivity contribution in [3.05, 3.63) is 30.1 Å². The Hall–Kier alpha value is -2.09. The minimum absolute atomic E-state index is 0.128. The maximum Gasteiger partial charge on any atom is 0.243 e. The van der Waals surface area contributed by atoms with E-state index in [0.29, 0.717) is 13.1 Å². The summed E-state index contributed by atoms with van der Waals surface area (Å²) in [5.74, 6) is -0.451. The second-order valence-corrected chi connectivity index (χ2v) is 4.19. The van der Waals surface area contributed by atoms with E-state index in [1.165, 1.54) is 12.1 Å². The molecule has 1 aromatic rings. The first-order chi connectivity index (χ1) is 8.72. The Balaban J connectivity index is 2.29. The quantitative estimate of drug-likeness (QED) is 0.860. The van der Waals surface area contributed by atoms with Crippen LogP contribution in [0.4, 0.5) is 10.1 Å². The van der Waals surface area contributed by atoms with Gasteiger partial charge in [-0.25, -0.2) is 4.39 Å². The van der Waals surface area contributed by atoms with E-state index in [9.17, 15) is 9.18 Å². The Morgan fingerprint density at radius 3 is 2.83 bits per heavy atom. The first-order valence-electron chi connectivity index (χ1n) is 5.89. The van der Waals surface area contributed by atoms with Gasteiger partial charge in [-0.3, -0.25) is 4.79 Å². The fourth-order valence-corrected chi connectivity index (χ4v) is 2.11. The molecule has 1 aliphatic heterocycles. The molecule has 0 aromatic heterocycles. The van der Waals surface area contributed by atoms with E-state index in [0.717, 1.165) is 12.1 Å². The molecular weight excluding hydrogens is 233 g/mol. The highest BCUT2D eigenvalue weighted by Gasteiger charge is 2.27. The van der Waals surface area contributed by atoms with Crippen molar-refractivity contribution in [1.82, 2.24) is 5.32 Å². The number of nitriles is 1. The minimum Gasteiger partial charge on any atom is -0.359 e. The zero-order valence-corrected chi connectivity index (χ0v) is 9.90. The van der Waals surface area contributed by atoms with Gasteiger partial charge < -0.3 is 10.2 Å². The summed E-state index contributed by atoms with van der Waals surface area (Å²) in [5, 5.41) is 11.6. The summed E-state index contributed by atoms with van der Waals surface area (Å²) < 4.78 is 12.9. The van der Waals surface area contributed by atoms with Crippen LogP contribution in [0.15, 0.2) is 24.3 Å². The molecule has 0 saturated carbocycles. The fourth-order valence-electron chi connectivity index (χ4n) is 2.11. The van der Waals surface area contributed by atoms with Gasteiger partial charge in [-0.2, -0.15) is 5.26 Å². The summed E-state index contributed by atoms with van der Waals surface area (Å²) in [4.78, 5) is 13.7. The number of carbonyl (C=O) groups is 1. The molecule has 18 heavy (non-hydrogen) atoms. The summed E-state index contributed by atoms with van der Waals surface area (Å²) in [5.41, 5.74) is 0.772. The van der Waals surface area contributed by atoms with Crippen LogP contribution in [-0.4, -0.2) is 25.0 Å². The second kappa shape index (κ2) is 5.50. The molecule has 1 amide bonds. The lowest BCUT2D eigenvalue weighted by atomic mass is 10.1. The van der Waals surface area contributed by atoms with Crippen molar-refractivity contribution < 1.29 is 9.18 Å². The van der Waals surface area contributed by atoms with E-state index in [-0.39, 0.29) is 18.1 Å². The van der Waals surface area contributed by atoms with Crippen molar-refractivity contribution in [3.8, 4) is 6.07 Å². The number of hydrogen-bond donors (Lipinski definition) is 1. The molecule has 1 N–H and O–H groups in total. The van der Waals surface area contributed by atoms with Crippen LogP contribution in [0.2, 0.25) is 0 Å². The van der Waals surface area contributed by atoms with Gasteiger partial charge in [-0.05, 0) is 30.7 Å². The highest BCUT2D eigenvalue weighted by Crippen LogP contribution is 2.21. The van der Waals surface area contributed by atoms with Crippen LogP contribution in [0.3, 0.4) is 0 Å². The first-order valence-corrected chi connectivity index (χ1v) is 5.89. The number of benzene rings is 1. The molecule has 1 aromatic carbocycles. The number of hydrogen-bond acceptors (Lipinski definition) is 3. The molecular formula is C13H14FN3O. The maximum atomic E-state index is 12.9. The lowest BCUT2D eigenvalue weighted by molar-refractivity contribution is -0.121. The van der Waals surface area contributed by atoms with E-state index < -0.39 is 6.04 Å². The Morgan fingerprint density at radius 2 is 2.17 bits per heavy atom. The van der Waals surface area contributed by atoms with E-state index in [1.807, 2.05) is 11.0 Å². The minimum atomic E-state index is -0.497. The molecule has 0 radical (unpaired) electrons. The average Bonchev–Trinajstić information content (AvgIpc) is 2.54. The van der Waals surface area contributed by atoms with Crippen molar-refractivity contribution in [1.29, 1.82) is 5.26 Å². The van der Waals surface area contributed by atoms with E-state index >= 15 is 0 Å². The van der Waals surface area contributed by atoms with Crippen molar-refractivity contribution in [3.63, 3.8) is 0 Å². The molecule has 94 valence electrons. The monoisotopic (exact) mass is 247 g/mol. The van der Waals surface area contributed by atoms with E-state index in [1.54, 1.807) is 12.1 Å². The molecule has 0 aliphatic carbocycles. The van der Waals surface area contributed by atoms with E-state index in [4.69, 9.17) is 5.26 Å². The molecule has 1 heterocycles. The number of nitrogens with one attached hydrogen (secondary N) is 1. The molecule has 2 rings (SSSR count). The molecule has 1 aliphatic rings. The standard InChI is InChI=1S/C13H14FN3O/c14-10-2-4-11(5-3-10)17-9-1-8-16-13(18)12(17)6-7-15/h2-5,12H,1,6,8-9H2,(H,16,18). The number of anilines is 1. The van der Waals surface area contributed by atoms with Crippen molar-refractivity contribution in [2.45, 2.75) is 18.9 Å². The Morgan fingerprint density at radius 1 is 1.44 bits per heavy atom. The summed E-state index contributed by atoms with van der Waals surface area (Å²) in [6, 6.07) is 7.53. The number of nitrogens with zero attached hydrogens (tertiary/aromatic N) is 2. The van der Waals surface area contributed by atoms with Crippen LogP contribution in [0.25, 0.3) is 0 Å². The fraction of sp³-hybridized carbons (Fsp3) is 0.385. The van der Waals surface area contributed by atoms with Crippen LogP contribution in [-0.2, 0) is 4.79 Å². The largest absolute Gasteiger partial charge is 0.359 e. The Labute approximate surface area is 105 Å². The smallest absolute Gasteiger partial charge is 0.243 e. The van der Waals surface area contributed by atoms with Gasteiger partial charge in [0.25, 0.3) is 0 Å². The van der Waals surface area contributed by atoms with Gasteiger partial charge in [0.2, 0.25) is 5.91 Å². The maximum absolute atomic E-state index is 12.9. The molecule has 5 heteroatoms. The van der Waals surface area contributed by atoms with Crippen LogP contribution >= 0.6 is 0 Å². The lowest BCUT2D eigenvalue weighted by Crippen LogP contribution is -2.44. The average molecular weight is 247 g/mol. The predicted molar refractivity (Wildman–Crippen MR) is 65.4 cm³/mol. The predicted octanol–water partition coefficient (Wildman–Crippen LogP) is 1.43. The first kappa shape index (κ1) is 12.4. The summed E-state index contributed by atoms with van der Waals surface area (Å²) in [6.45, 7) is 1.29. The van der Waals surface area contributed by atoms with Crippen LogP contribution in [0.1, 0.15) is 12.8 Å².